The van der Waals surface area contributed by atoms with Gasteiger partial charge in [0.1, 0.15) is 23.2 Å². The van der Waals surface area contributed by atoms with Crippen LogP contribution in [0.25, 0.3) is 10.9 Å². The molecule has 7 nitrogen and oxygen atoms in total. The Bertz CT molecular complexity index is 984. The number of hydrogen-bond donors (Lipinski definition) is 2. The molecule has 3 rings (SSSR count). The summed E-state index contributed by atoms with van der Waals surface area (Å²) in [6, 6.07) is 6.25. The molecule has 0 aliphatic heterocycles. The normalized spacial score (nSPS) is 10.9. The molecule has 0 fully saturated rings. The summed E-state index contributed by atoms with van der Waals surface area (Å²) in [6.07, 6.45) is 0. The molecule has 0 aliphatic carbocycles. The van der Waals surface area contributed by atoms with E-state index in [-0.39, 0.29) is 11.5 Å². The monoisotopic (exact) mass is 358 g/mol. The minimum absolute atomic E-state index is 0.0709. The van der Waals surface area contributed by atoms with Crippen LogP contribution >= 0.6 is 0 Å². The largest absolute Gasteiger partial charge is 0.496 e. The lowest BCUT2D eigenvalue weighted by molar-refractivity contribution is 0.0690. The maximum atomic E-state index is 14.3. The van der Waals surface area contributed by atoms with Crippen molar-refractivity contribution in [1.82, 2.24) is 14.5 Å². The van der Waals surface area contributed by atoms with Gasteiger partial charge >= 0.3 is 5.97 Å². The van der Waals surface area contributed by atoms with Gasteiger partial charge in [-0.2, -0.15) is 0 Å². The van der Waals surface area contributed by atoms with Crippen LogP contribution in [0.3, 0.4) is 0 Å². The first kappa shape index (κ1) is 17.7. The van der Waals surface area contributed by atoms with E-state index in [1.54, 1.807) is 20.1 Å². The van der Waals surface area contributed by atoms with Gasteiger partial charge in [-0.05, 0) is 32.0 Å². The molecule has 3 aromatic rings. The van der Waals surface area contributed by atoms with Crippen LogP contribution in [-0.4, -0.2) is 39.3 Å². The Hall–Kier alpha value is -3.16. The smallest absolute Gasteiger partial charge is 0.354 e. The standard InChI is InChI=1S/C18H19FN4O3/c1-10-8-12-15(26-3)5-4-13(19)17(12)23(10)7-6-20-16-9-14(18(24)25)21-11(2)22-16/h4-5,8-9H,6-7H2,1-3H3,(H,24,25)(H,20,21,22). The number of carbonyl (C=O) groups is 1. The number of methoxy groups -OCH3 is 1. The predicted molar refractivity (Wildman–Crippen MR) is 95.4 cm³/mol. The van der Waals surface area contributed by atoms with Crippen LogP contribution < -0.4 is 10.1 Å². The van der Waals surface area contributed by atoms with E-state index in [9.17, 15) is 9.18 Å². The van der Waals surface area contributed by atoms with E-state index in [1.807, 2.05) is 17.6 Å². The van der Waals surface area contributed by atoms with Gasteiger partial charge in [-0.15, -0.1) is 0 Å². The van der Waals surface area contributed by atoms with Gasteiger partial charge in [0.2, 0.25) is 0 Å². The summed E-state index contributed by atoms with van der Waals surface area (Å²) in [5.74, 6) is -0.0264. The first-order valence-electron chi connectivity index (χ1n) is 8.06. The molecule has 0 amide bonds. The topological polar surface area (TPSA) is 89.3 Å². The number of nitrogens with zero attached hydrogens (tertiary/aromatic N) is 3. The summed E-state index contributed by atoms with van der Waals surface area (Å²) in [7, 11) is 1.55. The third-order valence-corrected chi connectivity index (χ3v) is 4.10. The zero-order chi connectivity index (χ0) is 18.8. The number of carboxylic acid groups (broad SMARTS) is 1. The minimum atomic E-state index is -1.11. The predicted octanol–water partition coefficient (Wildman–Crippen LogP) is 3.01. The van der Waals surface area contributed by atoms with Crippen molar-refractivity contribution in [1.29, 1.82) is 0 Å². The first-order valence-corrected chi connectivity index (χ1v) is 8.06. The van der Waals surface area contributed by atoms with Gasteiger partial charge in [-0.3, -0.25) is 0 Å². The fraction of sp³-hybridized carbons (Fsp3) is 0.278. The average Bonchev–Trinajstić information content (AvgIpc) is 2.92. The number of aromatic nitrogens is 3. The van der Waals surface area contributed by atoms with Crippen molar-refractivity contribution in [3.05, 3.63) is 47.3 Å². The molecule has 8 heteroatoms. The molecule has 0 spiro atoms. The summed E-state index contributed by atoms with van der Waals surface area (Å²) >= 11 is 0. The summed E-state index contributed by atoms with van der Waals surface area (Å²) in [6.45, 7) is 4.45. The van der Waals surface area contributed by atoms with Crippen LogP contribution in [0.1, 0.15) is 22.0 Å². The van der Waals surface area contributed by atoms with Crippen molar-refractivity contribution in [2.24, 2.45) is 0 Å². The van der Waals surface area contributed by atoms with E-state index in [0.29, 0.717) is 36.0 Å². The number of rotatable bonds is 6. The highest BCUT2D eigenvalue weighted by molar-refractivity contribution is 5.88. The Labute approximate surface area is 149 Å². The molecule has 0 bridgehead atoms. The number of halogens is 1. The average molecular weight is 358 g/mol. The fourth-order valence-corrected chi connectivity index (χ4v) is 2.97. The van der Waals surface area contributed by atoms with Crippen LogP contribution in [0.15, 0.2) is 24.3 Å². The molecule has 1 aromatic carbocycles. The number of fused-ring (bicyclic) bond motifs is 1. The molecule has 0 aliphatic rings. The lowest BCUT2D eigenvalue weighted by Gasteiger charge is -2.11. The van der Waals surface area contributed by atoms with Gasteiger partial charge in [0.25, 0.3) is 0 Å². The van der Waals surface area contributed by atoms with Crippen LogP contribution in [0.2, 0.25) is 0 Å². The molecule has 0 unspecified atom stereocenters. The second-order valence-electron chi connectivity index (χ2n) is 5.87. The highest BCUT2D eigenvalue weighted by atomic mass is 19.1. The number of carboxylic acids is 1. The van der Waals surface area contributed by atoms with Gasteiger partial charge in [0.15, 0.2) is 5.69 Å². The Kier molecular flexibility index (Phi) is 4.75. The number of aryl methyl sites for hydroxylation is 2. The van der Waals surface area contributed by atoms with Crippen LogP contribution in [0.5, 0.6) is 5.75 Å². The third-order valence-electron chi connectivity index (χ3n) is 4.10. The highest BCUT2D eigenvalue weighted by Crippen LogP contribution is 2.30. The number of benzene rings is 1. The number of anilines is 1. The molecule has 0 saturated carbocycles. The van der Waals surface area contributed by atoms with E-state index < -0.39 is 5.97 Å². The summed E-state index contributed by atoms with van der Waals surface area (Å²) in [5.41, 5.74) is 1.31. The molecule has 26 heavy (non-hydrogen) atoms. The number of ether oxygens (including phenoxy) is 1. The second-order valence-corrected chi connectivity index (χ2v) is 5.87. The van der Waals surface area contributed by atoms with E-state index in [4.69, 9.17) is 9.84 Å². The van der Waals surface area contributed by atoms with Gasteiger partial charge in [-0.1, -0.05) is 0 Å². The van der Waals surface area contributed by atoms with Crippen molar-refractivity contribution in [3.8, 4) is 5.75 Å². The number of nitrogens with one attached hydrogen (secondary N) is 1. The van der Waals surface area contributed by atoms with Crippen molar-refractivity contribution >= 4 is 22.7 Å². The van der Waals surface area contributed by atoms with E-state index in [2.05, 4.69) is 15.3 Å². The van der Waals surface area contributed by atoms with Crippen molar-refractivity contribution in [2.45, 2.75) is 20.4 Å². The Morgan fingerprint density at radius 3 is 2.77 bits per heavy atom. The summed E-state index contributed by atoms with van der Waals surface area (Å²) in [5, 5.41) is 12.9. The van der Waals surface area contributed by atoms with Gasteiger partial charge < -0.3 is 19.7 Å². The Morgan fingerprint density at radius 1 is 1.31 bits per heavy atom. The first-order chi connectivity index (χ1) is 12.4. The maximum Gasteiger partial charge on any atom is 0.354 e. The van der Waals surface area contributed by atoms with Gasteiger partial charge in [0.05, 0.1) is 12.6 Å². The third kappa shape index (κ3) is 3.30. The summed E-state index contributed by atoms with van der Waals surface area (Å²) < 4.78 is 21.5. The summed E-state index contributed by atoms with van der Waals surface area (Å²) in [4.78, 5) is 19.1. The molecule has 0 atom stereocenters. The zero-order valence-electron chi connectivity index (χ0n) is 14.7. The fourth-order valence-electron chi connectivity index (χ4n) is 2.97. The minimum Gasteiger partial charge on any atom is -0.496 e. The molecule has 2 N–H and O–H groups in total. The van der Waals surface area contributed by atoms with E-state index in [1.165, 1.54) is 12.1 Å². The van der Waals surface area contributed by atoms with Crippen LogP contribution in [-0.2, 0) is 6.54 Å². The van der Waals surface area contributed by atoms with Gasteiger partial charge in [0, 0.05) is 30.2 Å². The quantitative estimate of drug-likeness (QED) is 0.704. The molecule has 136 valence electrons. The maximum absolute atomic E-state index is 14.3. The van der Waals surface area contributed by atoms with Crippen LogP contribution in [0, 0.1) is 19.7 Å². The van der Waals surface area contributed by atoms with E-state index >= 15 is 0 Å². The van der Waals surface area contributed by atoms with E-state index in [0.717, 1.165) is 11.1 Å². The molecule has 0 saturated heterocycles. The molecular formula is C18H19FN4O3. The SMILES string of the molecule is COc1ccc(F)c2c1cc(C)n2CCNc1cc(C(=O)O)nc(C)n1. The Balaban J connectivity index is 1.83. The highest BCUT2D eigenvalue weighted by Gasteiger charge is 2.14. The molecule has 0 radical (unpaired) electrons. The van der Waals surface area contributed by atoms with Gasteiger partial charge in [-0.25, -0.2) is 19.2 Å². The van der Waals surface area contributed by atoms with Crippen molar-refractivity contribution in [3.63, 3.8) is 0 Å². The number of hydrogen-bond acceptors (Lipinski definition) is 5. The zero-order valence-corrected chi connectivity index (χ0v) is 14.7. The lowest BCUT2D eigenvalue weighted by Crippen LogP contribution is -2.14. The molecular weight excluding hydrogens is 339 g/mol. The molecule has 2 aromatic heterocycles. The van der Waals surface area contributed by atoms with Crippen LogP contribution in [0.4, 0.5) is 10.2 Å². The molecule has 2 heterocycles. The van der Waals surface area contributed by atoms with Crippen molar-refractivity contribution < 1.29 is 19.0 Å². The lowest BCUT2D eigenvalue weighted by atomic mass is 10.2. The van der Waals surface area contributed by atoms with Crippen molar-refractivity contribution in [2.75, 3.05) is 19.0 Å². The Morgan fingerprint density at radius 2 is 2.08 bits per heavy atom. The number of aromatic carboxylic acids is 1. The second kappa shape index (κ2) is 6.99.